The zero-order valence-corrected chi connectivity index (χ0v) is 7.12. The van der Waals surface area contributed by atoms with Crippen LogP contribution in [-0.2, 0) is 0 Å². The van der Waals surface area contributed by atoms with Crippen molar-refractivity contribution in [2.24, 2.45) is 0 Å². The van der Waals surface area contributed by atoms with Gasteiger partial charge in [-0.25, -0.2) is 4.98 Å². The summed E-state index contributed by atoms with van der Waals surface area (Å²) in [5.74, 6) is 0. The van der Waals surface area contributed by atoms with Crippen molar-refractivity contribution < 1.29 is 10.0 Å². The lowest BCUT2D eigenvalue weighted by Crippen LogP contribution is -2.30. The van der Waals surface area contributed by atoms with Gasteiger partial charge in [-0.15, -0.1) is 0 Å². The molecule has 4 nitrogen and oxygen atoms in total. The minimum Gasteiger partial charge on any atom is -0.423 e. The Morgan fingerprint density at radius 2 is 2.18 bits per heavy atom. The van der Waals surface area contributed by atoms with Gasteiger partial charge in [0.1, 0.15) is 4.60 Å². The van der Waals surface area contributed by atoms with E-state index in [0.717, 1.165) is 0 Å². The summed E-state index contributed by atoms with van der Waals surface area (Å²) in [6, 6.07) is 1.45. The zero-order chi connectivity index (χ0) is 8.43. The van der Waals surface area contributed by atoms with Crippen LogP contribution in [-0.4, -0.2) is 22.2 Å². The van der Waals surface area contributed by atoms with Gasteiger partial charge in [0.15, 0.2) is 0 Å². The van der Waals surface area contributed by atoms with Crippen LogP contribution in [0, 0.1) is 0 Å². The molecule has 0 aromatic carbocycles. The predicted molar refractivity (Wildman–Crippen MR) is 46.2 cm³/mol. The van der Waals surface area contributed by atoms with Crippen molar-refractivity contribution in [3.05, 3.63) is 16.9 Å². The smallest absolute Gasteiger partial charge is 0.423 e. The van der Waals surface area contributed by atoms with Gasteiger partial charge in [0.05, 0.1) is 5.69 Å². The Labute approximate surface area is 72.3 Å². The molecule has 0 spiro atoms. The molecule has 0 aliphatic carbocycles. The molecule has 0 fully saturated rings. The van der Waals surface area contributed by atoms with E-state index in [0.29, 0.717) is 10.3 Å². The second kappa shape index (κ2) is 3.21. The van der Waals surface area contributed by atoms with Crippen LogP contribution in [0.3, 0.4) is 0 Å². The number of aromatic nitrogens is 1. The Morgan fingerprint density at radius 1 is 1.55 bits per heavy atom. The summed E-state index contributed by atoms with van der Waals surface area (Å²) in [5, 5.41) is 17.4. The monoisotopic (exact) mass is 216 g/mol. The molecular weight excluding hydrogens is 211 g/mol. The Bertz CT molecular complexity index is 269. The second-order valence-corrected chi connectivity index (χ2v) is 2.77. The van der Waals surface area contributed by atoms with E-state index in [1.807, 2.05) is 0 Å². The van der Waals surface area contributed by atoms with Crippen molar-refractivity contribution in [2.75, 3.05) is 5.73 Å². The quantitative estimate of drug-likeness (QED) is 0.420. The number of nitrogens with two attached hydrogens (primary N) is 1. The van der Waals surface area contributed by atoms with Crippen LogP contribution in [0.4, 0.5) is 5.69 Å². The molecule has 0 amide bonds. The summed E-state index contributed by atoms with van der Waals surface area (Å²) >= 11 is 3.08. The summed E-state index contributed by atoms with van der Waals surface area (Å²) < 4.78 is 0.502. The topological polar surface area (TPSA) is 79.4 Å². The molecule has 11 heavy (non-hydrogen) atoms. The number of nitrogens with zero attached hydrogens (tertiary/aromatic N) is 1. The van der Waals surface area contributed by atoms with Gasteiger partial charge in [-0.05, 0) is 22.0 Å². The van der Waals surface area contributed by atoms with Gasteiger partial charge in [0.2, 0.25) is 0 Å². The maximum Gasteiger partial charge on any atom is 0.490 e. The summed E-state index contributed by atoms with van der Waals surface area (Å²) in [5.41, 5.74) is 6.09. The first-order chi connectivity index (χ1) is 5.11. The molecule has 6 heteroatoms. The minimum atomic E-state index is -1.52. The average Bonchev–Trinajstić information content (AvgIpc) is 1.94. The van der Waals surface area contributed by atoms with Crippen molar-refractivity contribution in [3.63, 3.8) is 0 Å². The van der Waals surface area contributed by atoms with Crippen LogP contribution in [0.25, 0.3) is 0 Å². The largest absolute Gasteiger partial charge is 0.490 e. The van der Waals surface area contributed by atoms with Crippen molar-refractivity contribution in [3.8, 4) is 0 Å². The molecule has 0 bridgehead atoms. The number of anilines is 1. The molecule has 0 aliphatic heterocycles. The Morgan fingerprint density at radius 3 is 2.64 bits per heavy atom. The maximum absolute atomic E-state index is 8.68. The zero-order valence-electron chi connectivity index (χ0n) is 5.53. The highest BCUT2D eigenvalue weighted by molar-refractivity contribution is 9.10. The van der Waals surface area contributed by atoms with Crippen LogP contribution in [0.1, 0.15) is 0 Å². The number of pyridine rings is 1. The SMILES string of the molecule is Nc1cc(B(O)O)cnc1Br. The molecule has 0 aliphatic rings. The molecule has 0 radical (unpaired) electrons. The molecule has 0 saturated carbocycles. The molecule has 1 rings (SSSR count). The summed E-state index contributed by atoms with van der Waals surface area (Å²) in [6.07, 6.45) is 1.34. The van der Waals surface area contributed by atoms with Crippen molar-refractivity contribution >= 4 is 34.2 Å². The minimum absolute atomic E-state index is 0.283. The van der Waals surface area contributed by atoms with E-state index in [1.165, 1.54) is 12.3 Å². The standard InChI is InChI=1S/C5H6BBrN2O2/c7-5-4(8)1-3(2-9-5)6(10)11/h1-2,10-11H,8H2. The van der Waals surface area contributed by atoms with Crippen molar-refractivity contribution in [1.29, 1.82) is 0 Å². The first-order valence-electron chi connectivity index (χ1n) is 2.88. The summed E-state index contributed by atoms with van der Waals surface area (Å²) in [6.45, 7) is 0. The first-order valence-corrected chi connectivity index (χ1v) is 3.67. The molecule has 1 heterocycles. The van der Waals surface area contributed by atoms with E-state index >= 15 is 0 Å². The third-order valence-electron chi connectivity index (χ3n) is 1.19. The molecule has 0 unspecified atom stereocenters. The van der Waals surface area contributed by atoms with E-state index in [-0.39, 0.29) is 5.46 Å². The first kappa shape index (κ1) is 8.51. The van der Waals surface area contributed by atoms with Crippen LogP contribution in [0.5, 0.6) is 0 Å². The van der Waals surface area contributed by atoms with Crippen LogP contribution >= 0.6 is 15.9 Å². The van der Waals surface area contributed by atoms with Gasteiger partial charge >= 0.3 is 7.12 Å². The van der Waals surface area contributed by atoms with E-state index in [1.54, 1.807) is 0 Å². The predicted octanol–water partition coefficient (Wildman–Crippen LogP) is -0.894. The molecule has 0 atom stereocenters. The van der Waals surface area contributed by atoms with E-state index in [4.69, 9.17) is 15.8 Å². The molecule has 1 aromatic rings. The Balaban J connectivity index is 3.05. The van der Waals surface area contributed by atoms with E-state index < -0.39 is 7.12 Å². The van der Waals surface area contributed by atoms with E-state index in [2.05, 4.69) is 20.9 Å². The number of nitrogen functional groups attached to an aromatic ring is 1. The average molecular weight is 217 g/mol. The highest BCUT2D eigenvalue weighted by atomic mass is 79.9. The van der Waals surface area contributed by atoms with E-state index in [9.17, 15) is 0 Å². The number of rotatable bonds is 1. The van der Waals surface area contributed by atoms with Crippen LogP contribution < -0.4 is 11.2 Å². The molecule has 4 N–H and O–H groups in total. The molecular formula is C5H6BBrN2O2. The lowest BCUT2D eigenvalue weighted by atomic mass is 9.81. The summed E-state index contributed by atoms with van der Waals surface area (Å²) in [4.78, 5) is 3.77. The van der Waals surface area contributed by atoms with Gasteiger partial charge in [-0.2, -0.15) is 0 Å². The highest BCUT2D eigenvalue weighted by Crippen LogP contribution is 2.12. The van der Waals surface area contributed by atoms with Gasteiger partial charge in [0, 0.05) is 11.7 Å². The second-order valence-electron chi connectivity index (χ2n) is 2.02. The number of hydrogen-bond donors (Lipinski definition) is 3. The number of hydrogen-bond acceptors (Lipinski definition) is 4. The third kappa shape index (κ3) is 1.92. The highest BCUT2D eigenvalue weighted by Gasteiger charge is 2.11. The van der Waals surface area contributed by atoms with Gasteiger partial charge in [0.25, 0.3) is 0 Å². The van der Waals surface area contributed by atoms with Crippen LogP contribution in [0.15, 0.2) is 16.9 Å². The Kier molecular flexibility index (Phi) is 2.48. The summed E-state index contributed by atoms with van der Waals surface area (Å²) in [7, 11) is -1.52. The van der Waals surface area contributed by atoms with Gasteiger partial charge in [-0.1, -0.05) is 0 Å². The van der Waals surface area contributed by atoms with Gasteiger partial charge < -0.3 is 15.8 Å². The lowest BCUT2D eigenvalue weighted by Gasteiger charge is -2.00. The van der Waals surface area contributed by atoms with Gasteiger partial charge in [-0.3, -0.25) is 0 Å². The lowest BCUT2D eigenvalue weighted by molar-refractivity contribution is 0.425. The van der Waals surface area contributed by atoms with Crippen molar-refractivity contribution in [1.82, 2.24) is 4.98 Å². The molecule has 0 saturated heterocycles. The Hall–Kier alpha value is -0.585. The van der Waals surface area contributed by atoms with Crippen molar-refractivity contribution in [2.45, 2.75) is 0 Å². The third-order valence-corrected chi connectivity index (χ3v) is 1.85. The fourth-order valence-corrected chi connectivity index (χ4v) is 0.840. The maximum atomic E-state index is 8.68. The molecule has 1 aromatic heterocycles. The normalized spacial score (nSPS) is 9.73. The fraction of sp³-hybridized carbons (Fsp3) is 0. The fourth-order valence-electron chi connectivity index (χ4n) is 0.623. The van der Waals surface area contributed by atoms with Crippen LogP contribution in [0.2, 0.25) is 0 Å². The molecule has 58 valence electrons. The number of halogens is 1.